The summed E-state index contributed by atoms with van der Waals surface area (Å²) in [6.45, 7) is 2.38. The molecule has 0 radical (unpaired) electrons. The van der Waals surface area contributed by atoms with Crippen LogP contribution in [-0.2, 0) is 4.79 Å². The highest BCUT2D eigenvalue weighted by Crippen LogP contribution is 2.38. The van der Waals surface area contributed by atoms with Gasteiger partial charge in [0.1, 0.15) is 11.6 Å². The van der Waals surface area contributed by atoms with Gasteiger partial charge in [0.2, 0.25) is 5.91 Å². The van der Waals surface area contributed by atoms with E-state index >= 15 is 0 Å². The molecule has 6 heteroatoms. The number of ether oxygens (including phenoxy) is 1. The van der Waals surface area contributed by atoms with Crippen LogP contribution in [0.5, 0.6) is 5.75 Å². The first-order valence-corrected chi connectivity index (χ1v) is 8.32. The number of nitrogens with one attached hydrogen (secondary N) is 1. The van der Waals surface area contributed by atoms with Crippen molar-refractivity contribution >= 4 is 18.3 Å². The largest absolute Gasteiger partial charge is 0.496 e. The summed E-state index contributed by atoms with van der Waals surface area (Å²) in [5, 5.41) is 2.96. The van der Waals surface area contributed by atoms with E-state index in [4.69, 9.17) is 10.5 Å². The third-order valence-electron chi connectivity index (χ3n) is 4.92. The highest BCUT2D eigenvalue weighted by Gasteiger charge is 2.33. The Morgan fingerprint density at radius 1 is 1.38 bits per heavy atom. The molecule has 24 heavy (non-hydrogen) atoms. The number of carbonyl (C=O) groups is 1. The Balaban J connectivity index is 0.00000288. The van der Waals surface area contributed by atoms with E-state index in [9.17, 15) is 9.18 Å². The molecule has 0 saturated heterocycles. The van der Waals surface area contributed by atoms with Crippen molar-refractivity contribution in [2.45, 2.75) is 51.5 Å². The lowest BCUT2D eigenvalue weighted by molar-refractivity contribution is -0.124. The van der Waals surface area contributed by atoms with Crippen molar-refractivity contribution in [2.24, 2.45) is 11.1 Å². The van der Waals surface area contributed by atoms with Crippen LogP contribution < -0.4 is 15.8 Å². The van der Waals surface area contributed by atoms with Gasteiger partial charge in [0.05, 0.1) is 13.2 Å². The van der Waals surface area contributed by atoms with E-state index in [1.165, 1.54) is 25.7 Å². The Hall–Kier alpha value is -1.33. The third kappa shape index (κ3) is 5.08. The predicted molar refractivity (Wildman–Crippen MR) is 95.9 cm³/mol. The van der Waals surface area contributed by atoms with Crippen LogP contribution in [0.2, 0.25) is 0 Å². The number of halogens is 2. The standard InChI is InChI=1S/C18H27FN2O2.ClH/c1-13(15-10-14(19)6-7-16(15)23-2)21-17(22)11-18(12-20)8-4-3-5-9-18;/h6-7,10,13H,3-5,8-9,11-12,20H2,1-2H3,(H,21,22);1H. The lowest BCUT2D eigenvalue weighted by Crippen LogP contribution is -2.39. The van der Waals surface area contributed by atoms with Crippen LogP contribution in [0.15, 0.2) is 18.2 Å². The van der Waals surface area contributed by atoms with Gasteiger partial charge >= 0.3 is 0 Å². The second kappa shape index (κ2) is 9.23. The monoisotopic (exact) mass is 358 g/mol. The summed E-state index contributed by atoms with van der Waals surface area (Å²) in [4.78, 5) is 12.4. The summed E-state index contributed by atoms with van der Waals surface area (Å²) in [6, 6.07) is 4.02. The number of rotatable bonds is 6. The maximum atomic E-state index is 13.5. The predicted octanol–water partition coefficient (Wildman–Crippen LogP) is 3.73. The van der Waals surface area contributed by atoms with Crippen molar-refractivity contribution in [3.05, 3.63) is 29.6 Å². The fourth-order valence-electron chi connectivity index (χ4n) is 3.51. The fraction of sp³-hybridized carbons (Fsp3) is 0.611. The van der Waals surface area contributed by atoms with Crippen LogP contribution in [0.3, 0.4) is 0 Å². The van der Waals surface area contributed by atoms with Crippen LogP contribution in [0.4, 0.5) is 4.39 Å². The van der Waals surface area contributed by atoms with E-state index in [2.05, 4.69) is 5.32 Å². The average Bonchev–Trinajstić information content (AvgIpc) is 2.55. The van der Waals surface area contributed by atoms with Crippen molar-refractivity contribution < 1.29 is 13.9 Å². The maximum Gasteiger partial charge on any atom is 0.221 e. The van der Waals surface area contributed by atoms with Crippen LogP contribution in [0.1, 0.15) is 57.1 Å². The Kier molecular flexibility index (Phi) is 7.97. The molecule has 4 nitrogen and oxygen atoms in total. The topological polar surface area (TPSA) is 64.3 Å². The summed E-state index contributed by atoms with van der Waals surface area (Å²) in [6.07, 6.45) is 5.95. The molecule has 0 aliphatic heterocycles. The molecule has 0 bridgehead atoms. The summed E-state index contributed by atoms with van der Waals surface area (Å²) in [7, 11) is 1.54. The zero-order valence-corrected chi connectivity index (χ0v) is 15.3. The molecule has 1 aromatic carbocycles. The molecule has 1 amide bonds. The lowest BCUT2D eigenvalue weighted by Gasteiger charge is -2.36. The smallest absolute Gasteiger partial charge is 0.221 e. The van der Waals surface area contributed by atoms with Crippen LogP contribution >= 0.6 is 12.4 Å². The average molecular weight is 359 g/mol. The first-order chi connectivity index (χ1) is 11.0. The highest BCUT2D eigenvalue weighted by atomic mass is 35.5. The number of carbonyl (C=O) groups excluding carboxylic acids is 1. The van der Waals surface area contributed by atoms with E-state index in [1.54, 1.807) is 6.07 Å². The van der Waals surface area contributed by atoms with Gasteiger partial charge in [-0.15, -0.1) is 12.4 Å². The number of nitrogens with two attached hydrogens (primary N) is 1. The van der Waals surface area contributed by atoms with E-state index in [-0.39, 0.29) is 35.6 Å². The minimum Gasteiger partial charge on any atom is -0.496 e. The first-order valence-electron chi connectivity index (χ1n) is 8.32. The number of hydrogen-bond acceptors (Lipinski definition) is 3. The molecule has 1 unspecified atom stereocenters. The van der Waals surface area contributed by atoms with Crippen LogP contribution in [0.25, 0.3) is 0 Å². The van der Waals surface area contributed by atoms with Crippen molar-refractivity contribution in [1.82, 2.24) is 5.32 Å². The van der Waals surface area contributed by atoms with Crippen molar-refractivity contribution in [1.29, 1.82) is 0 Å². The van der Waals surface area contributed by atoms with Gasteiger partial charge < -0.3 is 15.8 Å². The number of methoxy groups -OCH3 is 1. The maximum absolute atomic E-state index is 13.5. The van der Waals surface area contributed by atoms with E-state index in [1.807, 2.05) is 6.92 Å². The Morgan fingerprint density at radius 2 is 2.04 bits per heavy atom. The molecule has 1 fully saturated rings. The third-order valence-corrected chi connectivity index (χ3v) is 4.92. The molecule has 1 aliphatic carbocycles. The molecular weight excluding hydrogens is 331 g/mol. The summed E-state index contributed by atoms with van der Waals surface area (Å²) >= 11 is 0. The van der Waals surface area contributed by atoms with Crippen molar-refractivity contribution in [2.75, 3.05) is 13.7 Å². The molecule has 0 heterocycles. The molecule has 0 spiro atoms. The van der Waals surface area contributed by atoms with Gasteiger partial charge in [-0.2, -0.15) is 0 Å². The first kappa shape index (κ1) is 20.7. The van der Waals surface area contributed by atoms with E-state index < -0.39 is 0 Å². The second-order valence-electron chi connectivity index (χ2n) is 6.62. The molecule has 0 aromatic heterocycles. The van der Waals surface area contributed by atoms with Gasteiger partial charge in [0.15, 0.2) is 0 Å². The second-order valence-corrected chi connectivity index (χ2v) is 6.62. The quantitative estimate of drug-likeness (QED) is 0.814. The van der Waals surface area contributed by atoms with Crippen LogP contribution in [0, 0.1) is 11.2 Å². The minimum atomic E-state index is -0.340. The van der Waals surface area contributed by atoms with Crippen molar-refractivity contribution in [3.63, 3.8) is 0 Å². The summed E-state index contributed by atoms with van der Waals surface area (Å²) < 4.78 is 18.7. The normalized spacial score (nSPS) is 17.5. The molecule has 1 atom stereocenters. The Labute approximate surface area is 149 Å². The minimum absolute atomic E-state index is 0. The molecular formula is C18H28ClFN2O2. The van der Waals surface area contributed by atoms with Crippen LogP contribution in [-0.4, -0.2) is 19.6 Å². The Bertz CT molecular complexity index is 548. The molecule has 136 valence electrons. The van der Waals surface area contributed by atoms with Gasteiger partial charge in [0, 0.05) is 12.0 Å². The van der Waals surface area contributed by atoms with Gasteiger partial charge in [-0.05, 0) is 49.9 Å². The molecule has 2 rings (SSSR count). The van der Waals surface area contributed by atoms with Crippen molar-refractivity contribution in [3.8, 4) is 5.75 Å². The highest BCUT2D eigenvalue weighted by molar-refractivity contribution is 5.85. The molecule has 1 aliphatic rings. The van der Waals surface area contributed by atoms with Gasteiger partial charge in [-0.1, -0.05) is 19.3 Å². The Morgan fingerprint density at radius 3 is 2.62 bits per heavy atom. The fourth-order valence-corrected chi connectivity index (χ4v) is 3.51. The SMILES string of the molecule is COc1ccc(F)cc1C(C)NC(=O)CC1(CN)CCCCC1.Cl. The van der Waals surface area contributed by atoms with Gasteiger partial charge in [0.25, 0.3) is 0 Å². The molecule has 1 saturated carbocycles. The number of amides is 1. The summed E-state index contributed by atoms with van der Waals surface area (Å²) in [5.41, 5.74) is 6.51. The van der Waals surface area contributed by atoms with Gasteiger partial charge in [-0.25, -0.2) is 4.39 Å². The number of benzene rings is 1. The van der Waals surface area contributed by atoms with E-state index in [0.717, 1.165) is 25.7 Å². The molecule has 1 aromatic rings. The summed E-state index contributed by atoms with van der Waals surface area (Å²) in [5.74, 6) is 0.203. The van der Waals surface area contributed by atoms with E-state index in [0.29, 0.717) is 24.3 Å². The zero-order valence-electron chi connectivity index (χ0n) is 14.4. The lowest BCUT2D eigenvalue weighted by atomic mass is 9.71. The number of hydrogen-bond donors (Lipinski definition) is 2. The zero-order chi connectivity index (χ0) is 16.9. The van der Waals surface area contributed by atoms with Gasteiger partial charge in [-0.3, -0.25) is 4.79 Å². The molecule has 3 N–H and O–H groups in total.